The predicted octanol–water partition coefficient (Wildman–Crippen LogP) is -0.832. The van der Waals surface area contributed by atoms with Crippen molar-refractivity contribution in [3.8, 4) is 0 Å². The van der Waals surface area contributed by atoms with E-state index in [1.165, 1.54) is 0 Å². The average Bonchev–Trinajstić information content (AvgIpc) is 2.84. The standard InChI is InChI=1S/C13H19F2N4O7P/c14-13(15)10(20)8(7-25-27(22,23)18-3-5-24-6-4-18)26-11(13)19-2-1-9(16)17-12(19)21/h1-2,8,10-11,20H,3-7H2,(H,22,23)(H2,16,17,21)/t8-,10-,11-/m1/s1. The van der Waals surface area contributed by atoms with Gasteiger partial charge in [0.25, 0.3) is 0 Å². The Labute approximate surface area is 151 Å². The summed E-state index contributed by atoms with van der Waals surface area (Å²) in [5.74, 6) is -4.03. The minimum Gasteiger partial charge on any atom is -0.384 e. The van der Waals surface area contributed by atoms with E-state index < -0.39 is 44.4 Å². The van der Waals surface area contributed by atoms with Crippen molar-refractivity contribution in [1.29, 1.82) is 0 Å². The average molecular weight is 412 g/mol. The summed E-state index contributed by atoms with van der Waals surface area (Å²) in [4.78, 5) is 25.1. The lowest BCUT2D eigenvalue weighted by Gasteiger charge is -2.30. The lowest BCUT2D eigenvalue weighted by Crippen LogP contribution is -2.42. The largest absolute Gasteiger partial charge is 0.405 e. The second-order valence-corrected chi connectivity index (χ2v) is 7.85. The number of aliphatic hydroxyl groups excluding tert-OH is 1. The topological polar surface area (TPSA) is 149 Å². The molecule has 0 radical (unpaired) electrons. The number of hydrogen-bond acceptors (Lipinski definition) is 8. The molecule has 1 aromatic rings. The lowest BCUT2D eigenvalue weighted by molar-refractivity contribution is -0.140. The maximum Gasteiger partial charge on any atom is 0.405 e. The Morgan fingerprint density at radius 1 is 1.44 bits per heavy atom. The fraction of sp³-hybridized carbons (Fsp3) is 0.692. The minimum absolute atomic E-state index is 0.132. The van der Waals surface area contributed by atoms with Crippen LogP contribution < -0.4 is 11.4 Å². The number of morpholine rings is 1. The number of aliphatic hydroxyl groups is 1. The molecule has 0 amide bonds. The van der Waals surface area contributed by atoms with Gasteiger partial charge in [-0.15, -0.1) is 0 Å². The van der Waals surface area contributed by atoms with E-state index in [-0.39, 0.29) is 32.1 Å². The molecule has 0 aromatic carbocycles. The summed E-state index contributed by atoms with van der Waals surface area (Å²) < 4.78 is 57.6. The monoisotopic (exact) mass is 412 g/mol. The second kappa shape index (κ2) is 7.51. The molecule has 0 spiro atoms. The third kappa shape index (κ3) is 4.04. The Hall–Kier alpha value is -1.47. The van der Waals surface area contributed by atoms with Gasteiger partial charge in [-0.25, -0.2) is 14.0 Å². The smallest absolute Gasteiger partial charge is 0.384 e. The van der Waals surface area contributed by atoms with E-state index in [1.807, 2.05) is 0 Å². The Morgan fingerprint density at radius 3 is 2.74 bits per heavy atom. The van der Waals surface area contributed by atoms with E-state index in [9.17, 15) is 28.1 Å². The van der Waals surface area contributed by atoms with Crippen molar-refractivity contribution in [3.63, 3.8) is 0 Å². The van der Waals surface area contributed by atoms with E-state index in [0.29, 0.717) is 4.57 Å². The predicted molar refractivity (Wildman–Crippen MR) is 85.9 cm³/mol. The maximum absolute atomic E-state index is 14.4. The quantitative estimate of drug-likeness (QED) is 0.523. The van der Waals surface area contributed by atoms with Crippen LogP contribution in [0.5, 0.6) is 0 Å². The zero-order chi connectivity index (χ0) is 19.8. The fourth-order valence-electron chi connectivity index (χ4n) is 2.77. The van der Waals surface area contributed by atoms with Crippen molar-refractivity contribution >= 4 is 13.6 Å². The summed E-state index contributed by atoms with van der Waals surface area (Å²) in [6, 6.07) is 1.12. The number of ether oxygens (including phenoxy) is 2. The third-order valence-electron chi connectivity index (χ3n) is 4.24. The number of nitrogens with zero attached hydrogens (tertiary/aromatic N) is 3. The van der Waals surface area contributed by atoms with Crippen molar-refractivity contribution in [2.75, 3.05) is 38.6 Å². The van der Waals surface area contributed by atoms with E-state index in [4.69, 9.17) is 19.7 Å². The highest BCUT2D eigenvalue weighted by Gasteiger charge is 2.60. The minimum atomic E-state index is -4.28. The molecule has 11 nitrogen and oxygen atoms in total. The molecule has 2 aliphatic rings. The van der Waals surface area contributed by atoms with E-state index in [0.717, 1.165) is 16.9 Å². The number of nitrogen functional groups attached to an aromatic ring is 1. The van der Waals surface area contributed by atoms with Crippen LogP contribution in [0.2, 0.25) is 0 Å². The first-order valence-corrected chi connectivity index (χ1v) is 9.52. The molecule has 27 heavy (non-hydrogen) atoms. The van der Waals surface area contributed by atoms with Crippen molar-refractivity contribution in [1.82, 2.24) is 14.2 Å². The summed E-state index contributed by atoms with van der Waals surface area (Å²) in [5, 5.41) is 9.88. The number of aromatic nitrogens is 2. The Morgan fingerprint density at radius 2 is 2.11 bits per heavy atom. The van der Waals surface area contributed by atoms with Gasteiger partial charge >= 0.3 is 19.4 Å². The van der Waals surface area contributed by atoms with Crippen molar-refractivity contribution < 1.29 is 37.3 Å². The van der Waals surface area contributed by atoms with Gasteiger partial charge in [0.1, 0.15) is 11.9 Å². The van der Waals surface area contributed by atoms with Crippen LogP contribution in [0.1, 0.15) is 6.23 Å². The van der Waals surface area contributed by atoms with Crippen LogP contribution in [-0.2, 0) is 18.6 Å². The third-order valence-corrected chi connectivity index (χ3v) is 5.84. The molecule has 3 rings (SSSR count). The van der Waals surface area contributed by atoms with Crippen LogP contribution in [0.4, 0.5) is 14.6 Å². The highest BCUT2D eigenvalue weighted by molar-refractivity contribution is 7.50. The fourth-order valence-corrected chi connectivity index (χ4v) is 3.94. The molecule has 2 aliphatic heterocycles. The molecular formula is C13H19F2N4O7P. The molecule has 1 unspecified atom stereocenters. The molecule has 2 fully saturated rings. The van der Waals surface area contributed by atoms with Gasteiger partial charge in [-0.3, -0.25) is 9.09 Å². The van der Waals surface area contributed by atoms with Crippen LogP contribution in [0, 0.1) is 0 Å². The number of rotatable bonds is 5. The molecule has 1 aromatic heterocycles. The number of nitrogens with two attached hydrogens (primary N) is 1. The zero-order valence-electron chi connectivity index (χ0n) is 14.0. The molecule has 4 atom stereocenters. The molecule has 14 heteroatoms. The molecule has 0 bridgehead atoms. The summed E-state index contributed by atoms with van der Waals surface area (Å²) >= 11 is 0. The normalized spacial score (nSPS) is 30.9. The maximum atomic E-state index is 14.4. The van der Waals surface area contributed by atoms with Gasteiger partial charge in [-0.1, -0.05) is 0 Å². The lowest BCUT2D eigenvalue weighted by atomic mass is 10.1. The van der Waals surface area contributed by atoms with Crippen LogP contribution in [-0.4, -0.2) is 75.3 Å². The number of anilines is 1. The SMILES string of the molecule is Nc1ccn([C@@H]2O[C@H](COP(=O)(O)N3CCOCC3)[C@@H](O)C2(F)F)c(=O)n1. The first-order valence-electron chi connectivity index (χ1n) is 7.99. The number of hydrogen-bond donors (Lipinski definition) is 3. The molecule has 152 valence electrons. The van der Waals surface area contributed by atoms with E-state index in [1.54, 1.807) is 0 Å². The summed E-state index contributed by atoms with van der Waals surface area (Å²) in [6.07, 6.45) is -5.21. The van der Waals surface area contributed by atoms with Gasteiger partial charge in [0, 0.05) is 19.3 Å². The molecular weight excluding hydrogens is 393 g/mol. The van der Waals surface area contributed by atoms with Crippen LogP contribution in [0.25, 0.3) is 0 Å². The van der Waals surface area contributed by atoms with Gasteiger partial charge in [-0.2, -0.15) is 13.8 Å². The Kier molecular flexibility index (Phi) is 5.64. The summed E-state index contributed by atoms with van der Waals surface area (Å²) in [6.45, 7) is -0.0663. The molecule has 4 N–H and O–H groups in total. The first kappa shape index (κ1) is 20.3. The summed E-state index contributed by atoms with van der Waals surface area (Å²) in [5.41, 5.74) is 4.23. The van der Waals surface area contributed by atoms with Gasteiger partial charge < -0.3 is 25.2 Å². The van der Waals surface area contributed by atoms with Gasteiger partial charge in [0.2, 0.25) is 6.23 Å². The zero-order valence-corrected chi connectivity index (χ0v) is 14.9. The van der Waals surface area contributed by atoms with Gasteiger partial charge in [-0.05, 0) is 6.07 Å². The van der Waals surface area contributed by atoms with Crippen molar-refractivity contribution in [2.45, 2.75) is 24.4 Å². The Balaban J connectivity index is 1.72. The van der Waals surface area contributed by atoms with Gasteiger partial charge in [0.15, 0.2) is 6.10 Å². The second-order valence-electron chi connectivity index (χ2n) is 6.04. The Bertz CT molecular complexity index is 788. The number of alkyl halides is 2. The van der Waals surface area contributed by atoms with Crippen molar-refractivity contribution in [3.05, 3.63) is 22.7 Å². The van der Waals surface area contributed by atoms with E-state index in [2.05, 4.69) is 4.98 Å². The number of halogens is 2. The highest BCUT2D eigenvalue weighted by atomic mass is 31.2. The van der Waals surface area contributed by atoms with Gasteiger partial charge in [0.05, 0.1) is 19.8 Å². The molecule has 0 saturated carbocycles. The molecule has 3 heterocycles. The van der Waals surface area contributed by atoms with Crippen molar-refractivity contribution in [2.24, 2.45) is 0 Å². The van der Waals surface area contributed by atoms with Crippen LogP contribution >= 0.6 is 7.75 Å². The molecule has 2 saturated heterocycles. The highest BCUT2D eigenvalue weighted by Crippen LogP contribution is 2.48. The first-order chi connectivity index (χ1) is 12.6. The summed E-state index contributed by atoms with van der Waals surface area (Å²) in [7, 11) is -4.28. The van der Waals surface area contributed by atoms with Crippen LogP contribution in [0.3, 0.4) is 0 Å². The van der Waals surface area contributed by atoms with E-state index >= 15 is 0 Å². The molecule has 0 aliphatic carbocycles. The van der Waals surface area contributed by atoms with Crippen LogP contribution in [0.15, 0.2) is 17.1 Å².